The van der Waals surface area contributed by atoms with E-state index in [4.69, 9.17) is 0 Å². The molecule has 0 aliphatic rings. The summed E-state index contributed by atoms with van der Waals surface area (Å²) in [5.74, 6) is 0.432. The largest absolute Gasteiger partial charge is 0.573 e. The Balaban J connectivity index is 1.31. The van der Waals surface area contributed by atoms with Crippen LogP contribution in [-0.4, -0.2) is 31.7 Å². The van der Waals surface area contributed by atoms with Crippen molar-refractivity contribution in [2.24, 2.45) is 4.99 Å². The molecule has 1 unspecified atom stereocenters. The first-order chi connectivity index (χ1) is 21.4. The van der Waals surface area contributed by atoms with Gasteiger partial charge < -0.3 is 10.1 Å². The van der Waals surface area contributed by atoms with Gasteiger partial charge >= 0.3 is 12.4 Å². The van der Waals surface area contributed by atoms with Gasteiger partial charge in [-0.25, -0.2) is 14.5 Å². The Bertz CT molecular complexity index is 1860. The zero-order chi connectivity index (χ0) is 32.3. The fourth-order valence-electron chi connectivity index (χ4n) is 5.25. The van der Waals surface area contributed by atoms with Crippen LogP contribution in [0.2, 0.25) is 0 Å². The SMILES string of the molecule is CCC(NC(=O)N=c1scc(C)n1-c1cccc(C)c1C(C)C)c1ccc(-c2ncn(-c3ccc(OC(F)(F)F)cc3)n2)cc1. The molecule has 234 valence electrons. The van der Waals surface area contributed by atoms with E-state index in [2.05, 4.69) is 58.0 Å². The van der Waals surface area contributed by atoms with Crippen molar-refractivity contribution in [2.45, 2.75) is 59.4 Å². The van der Waals surface area contributed by atoms with E-state index in [1.807, 2.05) is 54.1 Å². The second-order valence-electron chi connectivity index (χ2n) is 10.9. The number of urea groups is 1. The number of rotatable bonds is 8. The lowest BCUT2D eigenvalue weighted by atomic mass is 9.96. The number of ether oxygens (including phenoxy) is 1. The molecule has 2 amide bonds. The van der Waals surface area contributed by atoms with Gasteiger partial charge in [-0.3, -0.25) is 4.57 Å². The van der Waals surface area contributed by atoms with Crippen molar-refractivity contribution in [3.63, 3.8) is 0 Å². The van der Waals surface area contributed by atoms with Crippen LogP contribution in [0.15, 0.2) is 83.4 Å². The zero-order valence-electron chi connectivity index (χ0n) is 25.5. The fourth-order valence-corrected chi connectivity index (χ4v) is 6.11. The molecule has 2 heterocycles. The normalized spacial score (nSPS) is 12.9. The molecule has 5 aromatic rings. The van der Waals surface area contributed by atoms with E-state index in [1.165, 1.54) is 57.7 Å². The topological polar surface area (TPSA) is 86.3 Å². The summed E-state index contributed by atoms with van der Waals surface area (Å²) in [7, 11) is 0. The zero-order valence-corrected chi connectivity index (χ0v) is 26.3. The third-order valence-corrected chi connectivity index (χ3v) is 8.24. The molecule has 0 fully saturated rings. The monoisotopic (exact) mass is 634 g/mol. The summed E-state index contributed by atoms with van der Waals surface area (Å²) >= 11 is 1.43. The fraction of sp³-hybridized carbons (Fsp3) is 0.273. The second-order valence-corrected chi connectivity index (χ2v) is 11.7. The molecular weight excluding hydrogens is 601 g/mol. The first kappa shape index (κ1) is 31.7. The highest BCUT2D eigenvalue weighted by molar-refractivity contribution is 7.07. The number of alkyl halides is 3. The number of halogens is 3. The van der Waals surface area contributed by atoms with Crippen LogP contribution in [0.3, 0.4) is 0 Å². The van der Waals surface area contributed by atoms with Gasteiger partial charge in [-0.15, -0.1) is 29.6 Å². The molecule has 1 N–H and O–H groups in total. The molecule has 0 spiro atoms. The van der Waals surface area contributed by atoms with Crippen LogP contribution in [-0.2, 0) is 0 Å². The maximum atomic E-state index is 13.2. The third kappa shape index (κ3) is 7.34. The van der Waals surface area contributed by atoms with Crippen molar-refractivity contribution in [3.05, 3.63) is 106 Å². The van der Waals surface area contributed by atoms with Crippen LogP contribution < -0.4 is 14.9 Å². The average Bonchev–Trinajstić information content (AvgIpc) is 3.62. The summed E-state index contributed by atoms with van der Waals surface area (Å²) in [5, 5.41) is 9.50. The maximum absolute atomic E-state index is 13.2. The van der Waals surface area contributed by atoms with E-state index in [0.717, 1.165) is 22.5 Å². The van der Waals surface area contributed by atoms with E-state index < -0.39 is 12.4 Å². The van der Waals surface area contributed by atoms with Gasteiger partial charge in [-0.05, 0) is 73.2 Å². The minimum absolute atomic E-state index is 0.266. The van der Waals surface area contributed by atoms with Crippen LogP contribution in [0.5, 0.6) is 5.75 Å². The van der Waals surface area contributed by atoms with Crippen molar-refractivity contribution in [3.8, 4) is 28.5 Å². The molecule has 2 aromatic heterocycles. The smallest absolute Gasteiger partial charge is 0.406 e. The lowest BCUT2D eigenvalue weighted by Crippen LogP contribution is -2.28. The number of thiazole rings is 1. The van der Waals surface area contributed by atoms with Crippen molar-refractivity contribution in [1.29, 1.82) is 0 Å². The number of hydrogen-bond donors (Lipinski definition) is 1. The molecule has 5 rings (SSSR count). The lowest BCUT2D eigenvalue weighted by molar-refractivity contribution is -0.274. The Labute approximate surface area is 262 Å². The Morgan fingerprint density at radius 2 is 1.76 bits per heavy atom. The maximum Gasteiger partial charge on any atom is 0.573 e. The minimum atomic E-state index is -4.76. The Morgan fingerprint density at radius 3 is 2.40 bits per heavy atom. The summed E-state index contributed by atoms with van der Waals surface area (Å²) in [6.45, 7) is 10.4. The molecule has 8 nitrogen and oxygen atoms in total. The molecule has 0 aliphatic carbocycles. The van der Waals surface area contributed by atoms with Crippen molar-refractivity contribution >= 4 is 17.4 Å². The predicted molar refractivity (Wildman–Crippen MR) is 168 cm³/mol. The predicted octanol–water partition coefficient (Wildman–Crippen LogP) is 8.19. The number of amides is 2. The van der Waals surface area contributed by atoms with Crippen LogP contribution in [0.4, 0.5) is 18.0 Å². The molecule has 0 radical (unpaired) electrons. The van der Waals surface area contributed by atoms with Gasteiger partial charge in [-0.2, -0.15) is 4.99 Å². The molecule has 0 bridgehead atoms. The number of aromatic nitrogens is 4. The number of aryl methyl sites for hydroxylation is 2. The summed E-state index contributed by atoms with van der Waals surface area (Å²) in [6.07, 6.45) is -2.62. The third-order valence-electron chi connectivity index (χ3n) is 7.30. The second kappa shape index (κ2) is 13.1. The summed E-state index contributed by atoms with van der Waals surface area (Å²) in [5.41, 5.74) is 6.63. The van der Waals surface area contributed by atoms with Crippen molar-refractivity contribution in [1.82, 2.24) is 24.6 Å². The molecule has 3 aromatic carbocycles. The standard InChI is InChI=1S/C33H33F3N6O2S/c1-6-27(38-31(43)39-32-42(22(5)18-45-32)28-9-7-8-21(4)29(28)20(2)3)23-10-12-24(13-11-23)30-37-19-41(40-30)25-14-16-26(17-15-25)44-33(34,35)36/h7-20,27H,6H2,1-5H3,(H,38,43). The van der Waals surface area contributed by atoms with Gasteiger partial charge in [-0.1, -0.05) is 57.2 Å². The summed E-state index contributed by atoms with van der Waals surface area (Å²) in [4.78, 5) is 22.6. The van der Waals surface area contributed by atoms with Gasteiger partial charge in [0.2, 0.25) is 0 Å². The van der Waals surface area contributed by atoms with Gasteiger partial charge in [0, 0.05) is 16.6 Å². The average molecular weight is 635 g/mol. The summed E-state index contributed by atoms with van der Waals surface area (Å²) < 4.78 is 44.8. The summed E-state index contributed by atoms with van der Waals surface area (Å²) in [6, 6.07) is 18.4. The molecule has 45 heavy (non-hydrogen) atoms. The number of nitrogens with zero attached hydrogens (tertiary/aromatic N) is 5. The van der Waals surface area contributed by atoms with Crippen LogP contribution in [0, 0.1) is 13.8 Å². The Kier molecular flexibility index (Phi) is 9.24. The van der Waals surface area contributed by atoms with E-state index in [9.17, 15) is 18.0 Å². The van der Waals surface area contributed by atoms with Gasteiger partial charge in [0.15, 0.2) is 10.6 Å². The van der Waals surface area contributed by atoms with E-state index >= 15 is 0 Å². The molecule has 1 atom stereocenters. The molecule has 0 aliphatic heterocycles. The highest BCUT2D eigenvalue weighted by Crippen LogP contribution is 2.28. The van der Waals surface area contributed by atoms with Crippen LogP contribution in [0.25, 0.3) is 22.8 Å². The molecular formula is C33H33F3N6O2S. The van der Waals surface area contributed by atoms with Gasteiger partial charge in [0.1, 0.15) is 12.1 Å². The quantitative estimate of drug-likeness (QED) is 0.187. The molecule has 12 heteroatoms. The number of nitrogens with one attached hydrogen (secondary N) is 1. The highest BCUT2D eigenvalue weighted by atomic mass is 32.1. The van der Waals surface area contributed by atoms with Gasteiger partial charge in [0.05, 0.1) is 17.4 Å². The van der Waals surface area contributed by atoms with Crippen molar-refractivity contribution < 1.29 is 22.7 Å². The molecule has 0 saturated heterocycles. The first-order valence-electron chi connectivity index (χ1n) is 14.4. The van der Waals surface area contributed by atoms with Gasteiger partial charge in [0.25, 0.3) is 0 Å². The minimum Gasteiger partial charge on any atom is -0.406 e. The van der Waals surface area contributed by atoms with Crippen molar-refractivity contribution in [2.75, 3.05) is 0 Å². The van der Waals surface area contributed by atoms with E-state index in [-0.39, 0.29) is 11.8 Å². The Morgan fingerprint density at radius 1 is 1.04 bits per heavy atom. The van der Waals surface area contributed by atoms with E-state index in [1.54, 1.807) is 0 Å². The molecule has 0 saturated carbocycles. The Hall–Kier alpha value is -4.71. The highest BCUT2D eigenvalue weighted by Gasteiger charge is 2.31. The number of hydrogen-bond acceptors (Lipinski definition) is 5. The van der Waals surface area contributed by atoms with E-state index in [0.29, 0.717) is 28.7 Å². The lowest BCUT2D eigenvalue weighted by Gasteiger charge is -2.18. The first-order valence-corrected chi connectivity index (χ1v) is 15.3. The number of carbonyl (C=O) groups is 1. The number of benzene rings is 3. The number of carbonyl (C=O) groups excluding carboxylic acids is 1. The van der Waals surface area contributed by atoms with Crippen LogP contribution >= 0.6 is 11.3 Å². The van der Waals surface area contributed by atoms with Crippen LogP contribution in [0.1, 0.15) is 61.5 Å².